The van der Waals surface area contributed by atoms with Crippen LogP contribution in [0.15, 0.2) is 194 Å². The number of nitrogens with zero attached hydrogens (tertiary/aromatic N) is 4. The van der Waals surface area contributed by atoms with E-state index >= 15 is 0 Å². The van der Waals surface area contributed by atoms with Crippen molar-refractivity contribution in [3.05, 3.63) is 194 Å². The molecule has 260 valence electrons. The van der Waals surface area contributed by atoms with Crippen LogP contribution in [0.4, 0.5) is 17.1 Å². The molecule has 11 aromatic rings. The first-order valence-corrected chi connectivity index (χ1v) is 19.1. The maximum absolute atomic E-state index is 5.48. The molecule has 9 aromatic carbocycles. The van der Waals surface area contributed by atoms with Crippen LogP contribution in [0.5, 0.6) is 0 Å². The van der Waals surface area contributed by atoms with E-state index in [-0.39, 0.29) is 0 Å². The molecule has 4 nitrogen and oxygen atoms in total. The van der Waals surface area contributed by atoms with Crippen molar-refractivity contribution in [2.45, 2.75) is 0 Å². The Morgan fingerprint density at radius 2 is 0.911 bits per heavy atom. The van der Waals surface area contributed by atoms with E-state index in [9.17, 15) is 0 Å². The fourth-order valence-electron chi connectivity index (χ4n) is 9.15. The molecule has 56 heavy (non-hydrogen) atoms. The summed E-state index contributed by atoms with van der Waals surface area (Å²) in [5.41, 5.74) is 15.0. The van der Waals surface area contributed by atoms with Crippen LogP contribution in [0, 0.1) is 0 Å². The second-order valence-corrected chi connectivity index (χ2v) is 14.5. The highest BCUT2D eigenvalue weighted by atomic mass is 15.2. The first kappa shape index (κ1) is 30.9. The summed E-state index contributed by atoms with van der Waals surface area (Å²) in [7, 11) is 0. The molecule has 1 aliphatic heterocycles. The van der Waals surface area contributed by atoms with Gasteiger partial charge in [-0.15, -0.1) is 0 Å². The van der Waals surface area contributed by atoms with Crippen molar-refractivity contribution >= 4 is 71.4 Å². The molecule has 3 heterocycles. The Balaban J connectivity index is 1.14. The third kappa shape index (κ3) is 4.41. The molecule has 4 heteroatoms. The van der Waals surface area contributed by atoms with E-state index in [1.807, 2.05) is 12.1 Å². The van der Waals surface area contributed by atoms with Gasteiger partial charge in [0, 0.05) is 43.9 Å². The lowest BCUT2D eigenvalue weighted by molar-refractivity contribution is 1.18. The van der Waals surface area contributed by atoms with Crippen molar-refractivity contribution in [2.24, 2.45) is 0 Å². The molecule has 0 aliphatic carbocycles. The number of para-hydroxylation sites is 5. The number of benzene rings is 9. The lowest BCUT2D eigenvalue weighted by atomic mass is 9.90. The number of aromatic nitrogens is 3. The molecule has 1 aliphatic rings. The zero-order chi connectivity index (χ0) is 36.7. The minimum absolute atomic E-state index is 0.863. The fraction of sp³-hybridized carbons (Fsp3) is 0. The molecule has 2 aromatic heterocycles. The Hall–Kier alpha value is -7.56. The SMILES string of the molecule is c1ccc(-n2c3ccccc3c3c(-c4nc5ccccc5nc4-c4ccc(N5c6ccccc6-c6cccc7cccc5c67)c5ccccc45)cccc32)cc1. The summed E-state index contributed by atoms with van der Waals surface area (Å²) in [5.74, 6) is 0. The van der Waals surface area contributed by atoms with Crippen LogP contribution in [0.1, 0.15) is 0 Å². The molecule has 12 rings (SSSR count). The first-order valence-electron chi connectivity index (χ1n) is 19.1. The normalized spacial score (nSPS) is 12.2. The van der Waals surface area contributed by atoms with E-state index in [1.54, 1.807) is 0 Å². The number of hydrogen-bond donors (Lipinski definition) is 0. The molecule has 0 radical (unpaired) electrons. The standard InChI is InChI=1S/C52H32N4/c1-2-17-34(18-3-1)55-45-28-11-7-22-40(45)50-41(24-14-30-48(50)55)52-51(53-42-25-8-9-26-43(42)54-52)39-31-32-46(36-20-5-4-19-35(36)39)56-44-27-10-6-21-37(44)38-23-12-15-33-16-13-29-47(56)49(33)38/h1-32H. The highest BCUT2D eigenvalue weighted by molar-refractivity contribution is 6.19. The van der Waals surface area contributed by atoms with Crippen LogP contribution in [0.2, 0.25) is 0 Å². The van der Waals surface area contributed by atoms with Gasteiger partial charge in [0.1, 0.15) is 0 Å². The van der Waals surface area contributed by atoms with E-state index < -0.39 is 0 Å². The largest absolute Gasteiger partial charge is 0.309 e. The van der Waals surface area contributed by atoms with Crippen LogP contribution >= 0.6 is 0 Å². The first-order chi connectivity index (χ1) is 27.8. The van der Waals surface area contributed by atoms with E-state index in [2.05, 4.69) is 191 Å². The summed E-state index contributed by atoms with van der Waals surface area (Å²) < 4.78 is 2.36. The lowest BCUT2D eigenvalue weighted by Gasteiger charge is -2.34. The summed E-state index contributed by atoms with van der Waals surface area (Å²) in [5, 5.41) is 7.12. The summed E-state index contributed by atoms with van der Waals surface area (Å²) in [6, 6.07) is 69.5. The molecule has 0 unspecified atom stereocenters. The van der Waals surface area contributed by atoms with Crippen molar-refractivity contribution in [1.29, 1.82) is 0 Å². The zero-order valence-corrected chi connectivity index (χ0v) is 30.3. The number of rotatable bonds is 4. The van der Waals surface area contributed by atoms with Gasteiger partial charge in [-0.2, -0.15) is 0 Å². The van der Waals surface area contributed by atoms with Gasteiger partial charge in [-0.25, -0.2) is 9.97 Å². The minimum atomic E-state index is 0.863. The topological polar surface area (TPSA) is 34.0 Å². The summed E-state index contributed by atoms with van der Waals surface area (Å²) in [6.07, 6.45) is 0. The molecule has 0 saturated heterocycles. The maximum Gasteiger partial charge on any atom is 0.0980 e. The smallest absolute Gasteiger partial charge is 0.0980 e. The van der Waals surface area contributed by atoms with Crippen LogP contribution in [0.3, 0.4) is 0 Å². The van der Waals surface area contributed by atoms with E-state index in [1.165, 1.54) is 38.7 Å². The van der Waals surface area contributed by atoms with Crippen molar-refractivity contribution in [3.8, 4) is 39.3 Å². The molecule has 0 N–H and O–H groups in total. The molecule has 0 bridgehead atoms. The van der Waals surface area contributed by atoms with Crippen molar-refractivity contribution in [1.82, 2.24) is 14.5 Å². The third-order valence-electron chi connectivity index (χ3n) is 11.5. The molecule has 0 spiro atoms. The van der Waals surface area contributed by atoms with E-state index in [0.29, 0.717) is 0 Å². The Morgan fingerprint density at radius 1 is 0.321 bits per heavy atom. The molecule has 0 fully saturated rings. The Labute approximate surface area is 323 Å². The average Bonchev–Trinajstić information content (AvgIpc) is 3.61. The van der Waals surface area contributed by atoms with Crippen LogP contribution in [-0.4, -0.2) is 14.5 Å². The molecular formula is C52H32N4. The summed E-state index contributed by atoms with van der Waals surface area (Å²) >= 11 is 0. The van der Waals surface area contributed by atoms with Crippen LogP contribution in [-0.2, 0) is 0 Å². The summed E-state index contributed by atoms with van der Waals surface area (Å²) in [4.78, 5) is 13.4. The van der Waals surface area contributed by atoms with Gasteiger partial charge < -0.3 is 9.47 Å². The molecular weight excluding hydrogens is 681 g/mol. The highest BCUT2D eigenvalue weighted by Gasteiger charge is 2.28. The van der Waals surface area contributed by atoms with E-state index in [0.717, 1.165) is 72.1 Å². The van der Waals surface area contributed by atoms with Gasteiger partial charge in [-0.05, 0) is 77.0 Å². The van der Waals surface area contributed by atoms with Gasteiger partial charge in [0.15, 0.2) is 0 Å². The number of anilines is 3. The van der Waals surface area contributed by atoms with Gasteiger partial charge >= 0.3 is 0 Å². The van der Waals surface area contributed by atoms with Crippen molar-refractivity contribution < 1.29 is 0 Å². The maximum atomic E-state index is 5.48. The van der Waals surface area contributed by atoms with Crippen LogP contribution < -0.4 is 4.90 Å². The van der Waals surface area contributed by atoms with Gasteiger partial charge in [0.25, 0.3) is 0 Å². The number of hydrogen-bond acceptors (Lipinski definition) is 3. The monoisotopic (exact) mass is 712 g/mol. The predicted molar refractivity (Wildman–Crippen MR) is 233 cm³/mol. The van der Waals surface area contributed by atoms with Gasteiger partial charge in [0.2, 0.25) is 0 Å². The zero-order valence-electron chi connectivity index (χ0n) is 30.3. The average molecular weight is 713 g/mol. The number of fused-ring (bicyclic) bond motifs is 7. The second-order valence-electron chi connectivity index (χ2n) is 14.5. The Kier molecular flexibility index (Phi) is 6.60. The lowest BCUT2D eigenvalue weighted by Crippen LogP contribution is -2.15. The molecule has 0 saturated carbocycles. The second kappa shape index (κ2) is 12.0. The minimum Gasteiger partial charge on any atom is -0.309 e. The third-order valence-corrected chi connectivity index (χ3v) is 11.5. The predicted octanol–water partition coefficient (Wildman–Crippen LogP) is 13.8. The fourth-order valence-corrected chi connectivity index (χ4v) is 9.15. The summed E-state index contributed by atoms with van der Waals surface area (Å²) in [6.45, 7) is 0. The van der Waals surface area contributed by atoms with Crippen molar-refractivity contribution in [2.75, 3.05) is 4.90 Å². The Morgan fingerprint density at radius 3 is 1.75 bits per heavy atom. The van der Waals surface area contributed by atoms with Gasteiger partial charge in [-0.3, -0.25) is 0 Å². The molecule has 0 atom stereocenters. The van der Waals surface area contributed by atoms with E-state index in [4.69, 9.17) is 9.97 Å². The van der Waals surface area contributed by atoms with Gasteiger partial charge in [-0.1, -0.05) is 133 Å². The van der Waals surface area contributed by atoms with Crippen LogP contribution in [0.25, 0.3) is 93.7 Å². The molecule has 0 amide bonds. The van der Waals surface area contributed by atoms with Gasteiger partial charge in [0.05, 0.1) is 50.5 Å². The van der Waals surface area contributed by atoms with Crippen molar-refractivity contribution in [3.63, 3.8) is 0 Å². The highest BCUT2D eigenvalue weighted by Crippen LogP contribution is 2.53. The quantitative estimate of drug-likeness (QED) is 0.182. The Bertz CT molecular complexity index is 3370.